The highest BCUT2D eigenvalue weighted by atomic mass is 79.9. The van der Waals surface area contributed by atoms with Gasteiger partial charge < -0.3 is 24.8 Å². The molecule has 0 radical (unpaired) electrons. The van der Waals surface area contributed by atoms with Crippen LogP contribution in [0.5, 0.6) is 0 Å². The second-order valence-corrected chi connectivity index (χ2v) is 10.2. The number of halogens is 1. The summed E-state index contributed by atoms with van der Waals surface area (Å²) in [6.45, 7) is 3.39. The Bertz CT molecular complexity index is 714. The van der Waals surface area contributed by atoms with Crippen LogP contribution in [0.15, 0.2) is 0 Å². The highest BCUT2D eigenvalue weighted by molar-refractivity contribution is 9.09. The van der Waals surface area contributed by atoms with Crippen molar-refractivity contribution in [3.63, 3.8) is 0 Å². The summed E-state index contributed by atoms with van der Waals surface area (Å²) in [7, 11) is 0. The second-order valence-electron chi connectivity index (χ2n) is 9.04. The number of carbonyl (C=O) groups is 3. The van der Waals surface area contributed by atoms with Gasteiger partial charge in [-0.25, -0.2) is 0 Å². The lowest BCUT2D eigenvalue weighted by Crippen LogP contribution is -2.59. The first-order valence-corrected chi connectivity index (χ1v) is 12.0. The van der Waals surface area contributed by atoms with Gasteiger partial charge in [0.15, 0.2) is 0 Å². The van der Waals surface area contributed by atoms with Gasteiger partial charge in [0.05, 0.1) is 37.2 Å². The van der Waals surface area contributed by atoms with E-state index >= 15 is 0 Å². The first-order valence-electron chi connectivity index (χ1n) is 11.1. The Hall–Kier alpha value is -1.19. The predicted molar refractivity (Wildman–Crippen MR) is 111 cm³/mol. The number of likely N-dealkylation sites (tertiary alicyclic amines) is 1. The van der Waals surface area contributed by atoms with Crippen LogP contribution in [-0.4, -0.2) is 75.7 Å². The molecule has 3 saturated heterocycles. The van der Waals surface area contributed by atoms with Gasteiger partial charge in [-0.05, 0) is 33.1 Å². The van der Waals surface area contributed by atoms with Crippen LogP contribution in [0.4, 0.5) is 0 Å². The van der Waals surface area contributed by atoms with Crippen molar-refractivity contribution in [1.29, 1.82) is 0 Å². The first-order chi connectivity index (χ1) is 14.4. The fourth-order valence-corrected chi connectivity index (χ4v) is 6.91. The van der Waals surface area contributed by atoms with Gasteiger partial charge in [0, 0.05) is 10.9 Å². The summed E-state index contributed by atoms with van der Waals surface area (Å²) in [5.41, 5.74) is -1.09. The van der Waals surface area contributed by atoms with Crippen LogP contribution in [0, 0.1) is 11.8 Å². The minimum absolute atomic E-state index is 0.0855. The van der Waals surface area contributed by atoms with E-state index < -0.39 is 41.6 Å². The maximum absolute atomic E-state index is 13.5. The van der Waals surface area contributed by atoms with Crippen molar-refractivity contribution in [3.05, 3.63) is 0 Å². The Kier molecular flexibility index (Phi) is 6.16. The van der Waals surface area contributed by atoms with E-state index in [2.05, 4.69) is 21.2 Å². The largest absolute Gasteiger partial charge is 0.466 e. The molecule has 0 aromatic heterocycles. The maximum Gasteiger partial charge on any atom is 0.312 e. The smallest absolute Gasteiger partial charge is 0.312 e. The van der Waals surface area contributed by atoms with Crippen LogP contribution in [0.2, 0.25) is 0 Å². The van der Waals surface area contributed by atoms with Gasteiger partial charge in [-0.3, -0.25) is 14.4 Å². The van der Waals surface area contributed by atoms with E-state index in [9.17, 15) is 19.5 Å². The Morgan fingerprint density at radius 3 is 2.70 bits per heavy atom. The van der Waals surface area contributed by atoms with E-state index in [1.807, 2.05) is 0 Å². The number of rotatable bonds is 6. The number of aliphatic hydroxyl groups excluding tert-OH is 1. The number of carbonyl (C=O) groups excluding carboxylic acids is 3. The van der Waals surface area contributed by atoms with Gasteiger partial charge in [0.1, 0.15) is 11.6 Å². The SMILES string of the molecule is CCOC(=O)[C@@H]1[C@H]2O[C@@]3(CC2Br)[C@H](C(=O)NC2CCCCC2)N([C@H](C)CO)C(=O)[C@@H]13. The molecule has 0 aromatic carbocycles. The van der Waals surface area contributed by atoms with Crippen molar-refractivity contribution in [2.24, 2.45) is 11.8 Å². The fourth-order valence-electron chi connectivity index (χ4n) is 5.96. The number of hydrogen-bond acceptors (Lipinski definition) is 6. The lowest BCUT2D eigenvalue weighted by atomic mass is 9.70. The molecule has 3 aliphatic heterocycles. The van der Waals surface area contributed by atoms with Crippen molar-refractivity contribution < 1.29 is 29.0 Å². The Morgan fingerprint density at radius 2 is 2.07 bits per heavy atom. The van der Waals surface area contributed by atoms with Crippen LogP contribution in [0.25, 0.3) is 0 Å². The van der Waals surface area contributed by atoms with E-state index in [1.54, 1.807) is 13.8 Å². The topological polar surface area (TPSA) is 105 Å². The third-order valence-corrected chi connectivity index (χ3v) is 8.07. The quantitative estimate of drug-likeness (QED) is 0.430. The van der Waals surface area contributed by atoms with Gasteiger partial charge in [0.2, 0.25) is 11.8 Å². The highest BCUT2D eigenvalue weighted by Crippen LogP contribution is 2.60. The molecule has 30 heavy (non-hydrogen) atoms. The minimum Gasteiger partial charge on any atom is -0.466 e. The molecular weight excluding hydrogens is 456 g/mol. The number of aliphatic hydroxyl groups is 1. The zero-order chi connectivity index (χ0) is 21.6. The molecule has 1 unspecified atom stereocenters. The van der Waals surface area contributed by atoms with E-state index in [0.717, 1.165) is 25.7 Å². The molecule has 0 aromatic rings. The van der Waals surface area contributed by atoms with E-state index in [0.29, 0.717) is 6.42 Å². The zero-order valence-corrected chi connectivity index (χ0v) is 19.1. The molecule has 2 amide bonds. The van der Waals surface area contributed by atoms with Gasteiger partial charge in [-0.15, -0.1) is 0 Å². The summed E-state index contributed by atoms with van der Waals surface area (Å²) in [5, 5.41) is 12.9. The van der Waals surface area contributed by atoms with Crippen molar-refractivity contribution in [1.82, 2.24) is 10.2 Å². The summed E-state index contributed by atoms with van der Waals surface area (Å²) in [5.74, 6) is -2.54. The molecule has 2 N–H and O–H groups in total. The van der Waals surface area contributed by atoms with Gasteiger partial charge in [-0.1, -0.05) is 35.2 Å². The molecule has 7 atom stereocenters. The van der Waals surface area contributed by atoms with Crippen molar-refractivity contribution in [3.8, 4) is 0 Å². The highest BCUT2D eigenvalue weighted by Gasteiger charge is 2.77. The standard InChI is InChI=1S/C21H31BrN2O6/c1-3-29-20(28)14-15-19(27)24(11(2)10-25)17(21(15)9-13(22)16(14)30-21)18(26)23-12-7-5-4-6-8-12/h11-17,25H,3-10H2,1-2H3,(H,23,26)/t11-,13?,14+,15-,16+,17+,21-/m1/s1. The van der Waals surface area contributed by atoms with Gasteiger partial charge >= 0.3 is 5.97 Å². The van der Waals surface area contributed by atoms with Crippen LogP contribution in [0.3, 0.4) is 0 Å². The van der Waals surface area contributed by atoms with Crippen LogP contribution in [0.1, 0.15) is 52.4 Å². The van der Waals surface area contributed by atoms with Crippen molar-refractivity contribution >= 4 is 33.7 Å². The molecule has 8 nitrogen and oxygen atoms in total. The van der Waals surface area contributed by atoms with Crippen LogP contribution < -0.4 is 5.32 Å². The third-order valence-electron chi connectivity index (χ3n) is 7.22. The normalized spacial score (nSPS) is 39.1. The molecule has 4 fully saturated rings. The van der Waals surface area contributed by atoms with Crippen molar-refractivity contribution in [2.45, 2.75) is 87.0 Å². The number of nitrogens with one attached hydrogen (secondary N) is 1. The Morgan fingerprint density at radius 1 is 1.37 bits per heavy atom. The lowest BCUT2D eigenvalue weighted by molar-refractivity contribution is -0.155. The summed E-state index contributed by atoms with van der Waals surface area (Å²) in [6, 6.07) is -1.34. The van der Waals surface area contributed by atoms with E-state index in [-0.39, 0.29) is 35.9 Å². The molecule has 2 bridgehead atoms. The molecule has 1 spiro atoms. The fraction of sp³-hybridized carbons (Fsp3) is 0.857. The summed E-state index contributed by atoms with van der Waals surface area (Å²) < 4.78 is 11.6. The van der Waals surface area contributed by atoms with Crippen molar-refractivity contribution in [2.75, 3.05) is 13.2 Å². The predicted octanol–water partition coefficient (Wildman–Crippen LogP) is 1.13. The molecule has 1 saturated carbocycles. The third kappa shape index (κ3) is 3.28. The van der Waals surface area contributed by atoms with Crippen LogP contribution in [-0.2, 0) is 23.9 Å². The lowest BCUT2D eigenvalue weighted by Gasteiger charge is -2.37. The summed E-state index contributed by atoms with van der Waals surface area (Å²) in [4.78, 5) is 41.1. The molecule has 168 valence electrons. The van der Waals surface area contributed by atoms with E-state index in [1.165, 1.54) is 11.3 Å². The van der Waals surface area contributed by atoms with Gasteiger partial charge in [0.25, 0.3) is 0 Å². The maximum atomic E-state index is 13.5. The number of fused-ring (bicyclic) bond motifs is 1. The number of alkyl halides is 1. The summed E-state index contributed by atoms with van der Waals surface area (Å²) >= 11 is 3.61. The molecule has 3 heterocycles. The molecular formula is C21H31BrN2O6. The molecule has 4 aliphatic rings. The number of nitrogens with zero attached hydrogens (tertiary/aromatic N) is 1. The summed E-state index contributed by atoms with van der Waals surface area (Å²) in [6.07, 6.45) is 5.13. The Balaban J connectivity index is 1.69. The second kappa shape index (κ2) is 8.39. The minimum atomic E-state index is -1.09. The zero-order valence-electron chi connectivity index (χ0n) is 17.5. The number of ether oxygens (including phenoxy) is 2. The van der Waals surface area contributed by atoms with Gasteiger partial charge in [-0.2, -0.15) is 0 Å². The number of amides is 2. The van der Waals surface area contributed by atoms with E-state index in [4.69, 9.17) is 9.47 Å². The number of esters is 1. The number of hydrogen-bond donors (Lipinski definition) is 2. The molecule has 9 heteroatoms. The average molecular weight is 487 g/mol. The molecule has 4 rings (SSSR count). The monoisotopic (exact) mass is 486 g/mol. The van der Waals surface area contributed by atoms with Crippen LogP contribution >= 0.6 is 15.9 Å². The Labute approximate surface area is 185 Å². The first kappa shape index (κ1) is 22.0. The average Bonchev–Trinajstić information content (AvgIpc) is 3.31. The molecule has 1 aliphatic carbocycles.